The maximum atomic E-state index is 12.1. The average Bonchev–Trinajstić information content (AvgIpc) is 3.08. The van der Waals surface area contributed by atoms with Crippen LogP contribution in [0, 0.1) is 0 Å². The average molecular weight is 515 g/mol. The molecule has 4 rings (SSSR count). The standard InChI is InChI=1S/C33H38O5/c1-4-9-24-14-19-30-27(22-24)16-15-26-10-7-8-11-29(26)32(30)38-21-20-37-28-17-12-25(13-18-28)23-31(35-5-2)33(34)36-6-3/h7-8,10-19,22,31-32H,4-6,9,20-21,23H2,1-3H3. The van der Waals surface area contributed by atoms with Gasteiger partial charge in [-0.1, -0.05) is 80.1 Å². The highest BCUT2D eigenvalue weighted by Crippen LogP contribution is 2.36. The Morgan fingerprint density at radius 3 is 2.32 bits per heavy atom. The Labute approximate surface area is 226 Å². The number of benzene rings is 3. The van der Waals surface area contributed by atoms with E-state index in [1.54, 1.807) is 6.92 Å². The van der Waals surface area contributed by atoms with Gasteiger partial charge in [0.15, 0.2) is 6.10 Å². The van der Waals surface area contributed by atoms with Crippen LogP contribution in [-0.4, -0.2) is 38.5 Å². The molecule has 5 nitrogen and oxygen atoms in total. The summed E-state index contributed by atoms with van der Waals surface area (Å²) < 4.78 is 23.2. The highest BCUT2D eigenvalue weighted by atomic mass is 16.6. The second kappa shape index (κ2) is 13.9. The smallest absolute Gasteiger partial charge is 0.335 e. The topological polar surface area (TPSA) is 54.0 Å². The Morgan fingerprint density at radius 1 is 0.816 bits per heavy atom. The highest BCUT2D eigenvalue weighted by molar-refractivity contribution is 5.76. The molecule has 0 fully saturated rings. The maximum Gasteiger partial charge on any atom is 0.335 e. The molecule has 0 bridgehead atoms. The molecule has 200 valence electrons. The van der Waals surface area contributed by atoms with Gasteiger partial charge in [0, 0.05) is 13.0 Å². The van der Waals surface area contributed by atoms with Crippen molar-refractivity contribution in [1.82, 2.24) is 0 Å². The van der Waals surface area contributed by atoms with Crippen LogP contribution >= 0.6 is 0 Å². The summed E-state index contributed by atoms with van der Waals surface area (Å²) in [4.78, 5) is 12.1. The van der Waals surface area contributed by atoms with Crippen molar-refractivity contribution in [3.05, 3.63) is 100 Å². The van der Waals surface area contributed by atoms with E-state index in [1.165, 1.54) is 27.8 Å². The summed E-state index contributed by atoms with van der Waals surface area (Å²) in [7, 11) is 0. The number of ether oxygens (including phenoxy) is 4. The number of carbonyl (C=O) groups is 1. The molecule has 2 unspecified atom stereocenters. The lowest BCUT2D eigenvalue weighted by Crippen LogP contribution is -2.28. The lowest BCUT2D eigenvalue weighted by molar-refractivity contribution is -0.156. The Morgan fingerprint density at radius 2 is 1.55 bits per heavy atom. The van der Waals surface area contributed by atoms with Gasteiger partial charge in [-0.25, -0.2) is 4.79 Å². The summed E-state index contributed by atoms with van der Waals surface area (Å²) in [5.74, 6) is 0.430. The lowest BCUT2D eigenvalue weighted by Gasteiger charge is -2.22. The van der Waals surface area contributed by atoms with Crippen LogP contribution in [0.3, 0.4) is 0 Å². The lowest BCUT2D eigenvalue weighted by atomic mass is 9.94. The van der Waals surface area contributed by atoms with Gasteiger partial charge in [0.1, 0.15) is 18.5 Å². The summed E-state index contributed by atoms with van der Waals surface area (Å²) in [6.07, 6.45) is 6.29. The second-order valence-corrected chi connectivity index (χ2v) is 9.32. The molecule has 0 spiro atoms. The third kappa shape index (κ3) is 7.12. The fourth-order valence-electron chi connectivity index (χ4n) is 4.79. The van der Waals surface area contributed by atoms with Gasteiger partial charge in [-0.2, -0.15) is 0 Å². The van der Waals surface area contributed by atoms with Crippen LogP contribution in [0.2, 0.25) is 0 Å². The number of carbonyl (C=O) groups excluding carboxylic acids is 1. The molecule has 2 atom stereocenters. The summed E-state index contributed by atoms with van der Waals surface area (Å²) in [6, 6.07) is 22.9. The predicted molar refractivity (Wildman–Crippen MR) is 151 cm³/mol. The van der Waals surface area contributed by atoms with E-state index in [9.17, 15) is 4.79 Å². The zero-order valence-corrected chi connectivity index (χ0v) is 22.7. The van der Waals surface area contributed by atoms with Gasteiger partial charge < -0.3 is 18.9 Å². The fraction of sp³-hybridized carbons (Fsp3) is 0.364. The first kappa shape index (κ1) is 27.6. The first-order chi connectivity index (χ1) is 18.6. The number of esters is 1. The van der Waals surface area contributed by atoms with E-state index in [2.05, 4.69) is 61.5 Å². The summed E-state index contributed by atoms with van der Waals surface area (Å²) in [5.41, 5.74) is 7.07. The largest absolute Gasteiger partial charge is 0.491 e. The number of hydrogen-bond donors (Lipinski definition) is 0. The van der Waals surface area contributed by atoms with E-state index >= 15 is 0 Å². The predicted octanol–water partition coefficient (Wildman–Crippen LogP) is 6.82. The minimum atomic E-state index is -0.599. The van der Waals surface area contributed by atoms with Gasteiger partial charge >= 0.3 is 5.97 Å². The third-order valence-corrected chi connectivity index (χ3v) is 6.59. The summed E-state index contributed by atoms with van der Waals surface area (Å²) in [6.45, 7) is 7.55. The molecule has 1 aliphatic rings. The SMILES string of the molecule is CCCc1ccc2c(c1)C=Cc1ccccc1C2OCCOc1ccc(CC(OCC)C(=O)OCC)cc1. The minimum absolute atomic E-state index is 0.156. The Balaban J connectivity index is 1.37. The number of fused-ring (bicyclic) bond motifs is 2. The monoisotopic (exact) mass is 514 g/mol. The van der Waals surface area contributed by atoms with E-state index in [0.29, 0.717) is 32.8 Å². The van der Waals surface area contributed by atoms with Gasteiger partial charge in [-0.15, -0.1) is 0 Å². The number of hydrogen-bond acceptors (Lipinski definition) is 5. The van der Waals surface area contributed by atoms with Gasteiger partial charge in [0.25, 0.3) is 0 Å². The van der Waals surface area contributed by atoms with Gasteiger partial charge in [-0.05, 0) is 65.8 Å². The normalized spacial score (nSPS) is 14.8. The summed E-state index contributed by atoms with van der Waals surface area (Å²) in [5, 5.41) is 0. The molecular formula is C33H38O5. The third-order valence-electron chi connectivity index (χ3n) is 6.59. The maximum absolute atomic E-state index is 12.1. The van der Waals surface area contributed by atoms with Gasteiger partial charge in [-0.3, -0.25) is 0 Å². The zero-order valence-electron chi connectivity index (χ0n) is 22.7. The molecule has 38 heavy (non-hydrogen) atoms. The minimum Gasteiger partial charge on any atom is -0.491 e. The Kier molecular flexibility index (Phi) is 10.1. The highest BCUT2D eigenvalue weighted by Gasteiger charge is 2.23. The molecule has 0 aromatic heterocycles. The molecule has 3 aromatic carbocycles. The van der Waals surface area contributed by atoms with Crippen molar-refractivity contribution in [3.63, 3.8) is 0 Å². The zero-order chi connectivity index (χ0) is 26.7. The molecule has 0 aliphatic heterocycles. The van der Waals surface area contributed by atoms with Crippen molar-refractivity contribution >= 4 is 18.1 Å². The van der Waals surface area contributed by atoms with Crippen molar-refractivity contribution in [2.45, 2.75) is 52.2 Å². The van der Waals surface area contributed by atoms with Crippen LogP contribution in [0.1, 0.15) is 66.7 Å². The number of rotatable bonds is 13. The van der Waals surface area contributed by atoms with Crippen molar-refractivity contribution in [1.29, 1.82) is 0 Å². The van der Waals surface area contributed by atoms with Crippen molar-refractivity contribution in [2.24, 2.45) is 0 Å². The second-order valence-electron chi connectivity index (χ2n) is 9.32. The van der Waals surface area contributed by atoms with Crippen LogP contribution in [0.5, 0.6) is 5.75 Å². The van der Waals surface area contributed by atoms with E-state index < -0.39 is 6.10 Å². The van der Waals surface area contributed by atoms with Crippen LogP contribution < -0.4 is 4.74 Å². The molecule has 0 heterocycles. The molecule has 5 heteroatoms. The van der Waals surface area contributed by atoms with Gasteiger partial charge in [0.05, 0.1) is 13.2 Å². The van der Waals surface area contributed by atoms with Crippen LogP contribution in [0.15, 0.2) is 66.7 Å². The first-order valence-electron chi connectivity index (χ1n) is 13.6. The van der Waals surface area contributed by atoms with E-state index in [4.69, 9.17) is 18.9 Å². The van der Waals surface area contributed by atoms with E-state index in [-0.39, 0.29) is 12.1 Å². The van der Waals surface area contributed by atoms with Gasteiger partial charge in [0.2, 0.25) is 0 Å². The van der Waals surface area contributed by atoms with E-state index in [1.807, 2.05) is 31.2 Å². The van der Waals surface area contributed by atoms with Crippen molar-refractivity contribution in [3.8, 4) is 5.75 Å². The number of aryl methyl sites for hydroxylation is 1. The molecule has 0 N–H and O–H groups in total. The quantitative estimate of drug-likeness (QED) is 0.185. The molecule has 0 amide bonds. The summed E-state index contributed by atoms with van der Waals surface area (Å²) >= 11 is 0. The van der Waals surface area contributed by atoms with Crippen LogP contribution in [0.4, 0.5) is 0 Å². The van der Waals surface area contributed by atoms with Crippen molar-refractivity contribution < 1.29 is 23.7 Å². The molecule has 0 radical (unpaired) electrons. The van der Waals surface area contributed by atoms with E-state index in [0.717, 1.165) is 24.2 Å². The van der Waals surface area contributed by atoms with Crippen LogP contribution in [-0.2, 0) is 31.8 Å². The Bertz CT molecular complexity index is 1210. The fourth-order valence-corrected chi connectivity index (χ4v) is 4.79. The molecule has 3 aromatic rings. The molecule has 0 saturated carbocycles. The first-order valence-corrected chi connectivity index (χ1v) is 13.6. The Hall–Kier alpha value is -3.41. The molecule has 0 saturated heterocycles. The molecule has 1 aliphatic carbocycles. The van der Waals surface area contributed by atoms with Crippen LogP contribution in [0.25, 0.3) is 12.2 Å². The molecular weight excluding hydrogens is 476 g/mol. The van der Waals surface area contributed by atoms with Crippen molar-refractivity contribution in [2.75, 3.05) is 26.4 Å².